The highest BCUT2D eigenvalue weighted by molar-refractivity contribution is 7.23. The van der Waals surface area contributed by atoms with Gasteiger partial charge in [-0.2, -0.15) is 15.2 Å². The third-order valence-electron chi connectivity index (χ3n) is 9.24. The molecule has 7 rings (SSSR count). The Bertz CT molecular complexity index is 1830. The highest BCUT2D eigenvalue weighted by Crippen LogP contribution is 2.46. The van der Waals surface area contributed by atoms with E-state index >= 15 is 4.39 Å². The first-order valence-electron chi connectivity index (χ1n) is 14.1. The first-order valence-corrected chi connectivity index (χ1v) is 15.3. The molecule has 4 heterocycles. The van der Waals surface area contributed by atoms with Gasteiger partial charge >= 0.3 is 6.01 Å². The molecule has 3 N–H and O–H groups in total. The molecular weight excluding hydrogens is 601 g/mol. The zero-order valence-corrected chi connectivity index (χ0v) is 24.8. The molecule has 1 aliphatic carbocycles. The summed E-state index contributed by atoms with van der Waals surface area (Å²) in [6, 6.07) is 6.02. The van der Waals surface area contributed by atoms with E-state index in [1.807, 2.05) is 11.0 Å². The summed E-state index contributed by atoms with van der Waals surface area (Å²) in [6.45, 7) is 1.31. The number of nitrogens with two attached hydrogens (primary N) is 1. The molecule has 43 heavy (non-hydrogen) atoms. The van der Waals surface area contributed by atoms with Gasteiger partial charge in [-0.15, -0.1) is 11.3 Å². The molecule has 3 aliphatic rings. The Kier molecular flexibility index (Phi) is 6.85. The number of fused-ring (bicyclic) bond motifs is 3. The minimum Gasteiger partial charge on any atom is -0.461 e. The summed E-state index contributed by atoms with van der Waals surface area (Å²) in [5.41, 5.74) is 5.70. The first kappa shape index (κ1) is 28.4. The molecule has 0 bridgehead atoms. The molecule has 2 aliphatic heterocycles. The first-order chi connectivity index (χ1) is 20.6. The quantitative estimate of drug-likeness (QED) is 0.275. The van der Waals surface area contributed by atoms with Crippen LogP contribution in [-0.4, -0.2) is 70.6 Å². The van der Waals surface area contributed by atoms with Crippen LogP contribution in [0.1, 0.15) is 37.7 Å². The molecule has 0 radical (unpaired) electrons. The Labute approximate surface area is 254 Å². The summed E-state index contributed by atoms with van der Waals surface area (Å²) >= 11 is 7.65. The lowest BCUT2D eigenvalue weighted by Crippen LogP contribution is -2.46. The molecule has 1 saturated carbocycles. The van der Waals surface area contributed by atoms with Gasteiger partial charge in [0, 0.05) is 42.4 Å². The zero-order valence-electron chi connectivity index (χ0n) is 23.2. The Morgan fingerprint density at radius 2 is 2.12 bits per heavy atom. The number of aromatic nitrogens is 2. The van der Waals surface area contributed by atoms with Crippen molar-refractivity contribution in [2.45, 2.75) is 56.0 Å². The van der Waals surface area contributed by atoms with E-state index in [-0.39, 0.29) is 61.0 Å². The number of anilines is 2. The number of alkyl halides is 1. The Balaban J connectivity index is 1.39. The van der Waals surface area contributed by atoms with E-state index in [1.54, 1.807) is 13.1 Å². The fraction of sp³-hybridized carbons (Fsp3) is 0.433. The van der Waals surface area contributed by atoms with Gasteiger partial charge in [0.15, 0.2) is 5.82 Å². The van der Waals surface area contributed by atoms with E-state index < -0.39 is 29.4 Å². The van der Waals surface area contributed by atoms with Gasteiger partial charge in [0.05, 0.1) is 26.9 Å². The average molecular weight is 629 g/mol. The van der Waals surface area contributed by atoms with Crippen LogP contribution in [0.3, 0.4) is 0 Å². The van der Waals surface area contributed by atoms with Crippen molar-refractivity contribution in [1.82, 2.24) is 14.9 Å². The molecule has 2 unspecified atom stereocenters. The van der Waals surface area contributed by atoms with E-state index in [4.69, 9.17) is 22.1 Å². The van der Waals surface area contributed by atoms with Crippen LogP contribution in [-0.2, 0) is 0 Å². The summed E-state index contributed by atoms with van der Waals surface area (Å²) in [5.74, 6) is -0.992. The molecule has 2 atom stereocenters. The van der Waals surface area contributed by atoms with Gasteiger partial charge in [-0.3, -0.25) is 4.90 Å². The standard InChI is InChI=1S/C30H28ClF3N6O2S/c1-39(15-7-16(41)8-15)28-18-9-20(31)23(17-3-4-21(33)26-22(17)19(11-35)27(36)43-26)24(34)25(18)37-29(38-28)42-13-30-5-2-6-40(30)12-14(32)10-30/h3-4,9,14-16,41H,2,5-8,10,12-13,36H2,1H3. The van der Waals surface area contributed by atoms with E-state index in [9.17, 15) is 19.1 Å². The Morgan fingerprint density at radius 1 is 1.33 bits per heavy atom. The van der Waals surface area contributed by atoms with E-state index in [2.05, 4.69) is 14.9 Å². The number of benzene rings is 2. The van der Waals surface area contributed by atoms with Crippen molar-refractivity contribution in [2.24, 2.45) is 0 Å². The fourth-order valence-corrected chi connectivity index (χ4v) is 8.19. The second-order valence-electron chi connectivity index (χ2n) is 11.8. The van der Waals surface area contributed by atoms with Crippen molar-refractivity contribution >= 4 is 54.7 Å². The maximum Gasteiger partial charge on any atom is 0.319 e. The van der Waals surface area contributed by atoms with Crippen LogP contribution < -0.4 is 15.4 Å². The molecule has 2 aromatic heterocycles. The topological polar surface area (TPSA) is 112 Å². The number of ether oxygens (including phenoxy) is 1. The number of nitriles is 1. The highest BCUT2D eigenvalue weighted by Gasteiger charge is 2.49. The summed E-state index contributed by atoms with van der Waals surface area (Å²) in [7, 11) is 1.81. The summed E-state index contributed by atoms with van der Waals surface area (Å²) in [5, 5.41) is 20.4. The summed E-state index contributed by atoms with van der Waals surface area (Å²) in [6.07, 6.45) is 1.75. The van der Waals surface area contributed by atoms with Crippen LogP contribution >= 0.6 is 22.9 Å². The monoisotopic (exact) mass is 628 g/mol. The number of nitrogen functional groups attached to an aromatic ring is 1. The summed E-state index contributed by atoms with van der Waals surface area (Å²) in [4.78, 5) is 13.1. The fourth-order valence-electron chi connectivity index (χ4n) is 6.94. The number of thiophene rings is 1. The van der Waals surface area contributed by atoms with E-state index in [0.29, 0.717) is 37.0 Å². The second-order valence-corrected chi connectivity index (χ2v) is 13.2. The largest absolute Gasteiger partial charge is 0.461 e. The van der Waals surface area contributed by atoms with Crippen LogP contribution in [0, 0.1) is 23.0 Å². The van der Waals surface area contributed by atoms with Crippen LogP contribution in [0.15, 0.2) is 18.2 Å². The van der Waals surface area contributed by atoms with Gasteiger partial charge < -0.3 is 20.5 Å². The predicted octanol–water partition coefficient (Wildman–Crippen LogP) is 5.81. The third kappa shape index (κ3) is 4.47. The van der Waals surface area contributed by atoms with Crippen molar-refractivity contribution in [2.75, 3.05) is 37.4 Å². The molecule has 2 saturated heterocycles. The van der Waals surface area contributed by atoms with Crippen molar-refractivity contribution < 1.29 is 23.0 Å². The smallest absolute Gasteiger partial charge is 0.319 e. The van der Waals surface area contributed by atoms with Gasteiger partial charge in [0.1, 0.15) is 41.0 Å². The van der Waals surface area contributed by atoms with Crippen molar-refractivity contribution in [3.8, 4) is 23.2 Å². The van der Waals surface area contributed by atoms with Crippen LogP contribution in [0.5, 0.6) is 6.01 Å². The normalized spacial score (nSPS) is 25.2. The molecular formula is C30H28ClF3N6O2S. The maximum absolute atomic E-state index is 16.7. The number of halogens is 4. The summed E-state index contributed by atoms with van der Waals surface area (Å²) < 4.78 is 52.1. The van der Waals surface area contributed by atoms with Gasteiger partial charge in [0.25, 0.3) is 0 Å². The number of aliphatic hydroxyl groups is 1. The van der Waals surface area contributed by atoms with E-state index in [1.165, 1.54) is 12.1 Å². The molecule has 13 heteroatoms. The molecule has 3 fully saturated rings. The van der Waals surface area contributed by atoms with Gasteiger partial charge in [-0.1, -0.05) is 17.7 Å². The minimum absolute atomic E-state index is 0.0209. The lowest BCUT2D eigenvalue weighted by atomic mass is 9.88. The van der Waals surface area contributed by atoms with Crippen LogP contribution in [0.25, 0.3) is 32.1 Å². The van der Waals surface area contributed by atoms with Gasteiger partial charge in [-0.25, -0.2) is 13.2 Å². The predicted molar refractivity (Wildman–Crippen MR) is 160 cm³/mol. The highest BCUT2D eigenvalue weighted by atomic mass is 35.5. The van der Waals surface area contributed by atoms with Crippen molar-refractivity contribution in [1.29, 1.82) is 5.26 Å². The molecule has 0 amide bonds. The zero-order chi connectivity index (χ0) is 30.2. The van der Waals surface area contributed by atoms with Crippen molar-refractivity contribution in [3.05, 3.63) is 40.4 Å². The lowest BCUT2D eigenvalue weighted by molar-refractivity contribution is 0.0748. The Morgan fingerprint density at radius 3 is 2.86 bits per heavy atom. The minimum atomic E-state index is -0.938. The van der Waals surface area contributed by atoms with E-state index in [0.717, 1.165) is 30.7 Å². The number of rotatable bonds is 6. The number of nitrogens with zero attached hydrogens (tertiary/aromatic N) is 5. The average Bonchev–Trinajstić information content (AvgIpc) is 3.60. The molecule has 4 aromatic rings. The SMILES string of the molecule is CN(c1nc(OCC23CCCN2CC(F)C3)nc2c(F)c(-c3ccc(F)c4sc(N)c(C#N)c34)c(Cl)cc12)C1CC(O)C1. The molecule has 2 aromatic carbocycles. The van der Waals surface area contributed by atoms with Gasteiger partial charge in [0.2, 0.25) is 0 Å². The van der Waals surface area contributed by atoms with Crippen LogP contribution in [0.4, 0.5) is 24.0 Å². The molecule has 224 valence electrons. The number of hydrogen-bond donors (Lipinski definition) is 2. The third-order valence-corrected chi connectivity index (χ3v) is 10.6. The number of hydrogen-bond acceptors (Lipinski definition) is 9. The van der Waals surface area contributed by atoms with Crippen molar-refractivity contribution in [3.63, 3.8) is 0 Å². The van der Waals surface area contributed by atoms with Gasteiger partial charge in [-0.05, 0) is 49.9 Å². The molecule has 0 spiro atoms. The maximum atomic E-state index is 16.7. The Hall–Kier alpha value is -3.37. The number of aliphatic hydroxyl groups excluding tert-OH is 1. The second kappa shape index (κ2) is 10.4. The van der Waals surface area contributed by atoms with Crippen LogP contribution in [0.2, 0.25) is 5.02 Å². The lowest BCUT2D eigenvalue weighted by Gasteiger charge is -2.39. The molecule has 8 nitrogen and oxygen atoms in total.